The Morgan fingerprint density at radius 3 is 2.75 bits per heavy atom. The number of aromatic nitrogens is 4. The zero-order valence-corrected chi connectivity index (χ0v) is 13.9. The van der Waals surface area contributed by atoms with Crippen LogP contribution in [-0.4, -0.2) is 41.7 Å². The molecule has 0 unspecified atom stereocenters. The van der Waals surface area contributed by atoms with E-state index in [1.807, 2.05) is 6.20 Å². The van der Waals surface area contributed by atoms with Gasteiger partial charge in [-0.1, -0.05) is 0 Å². The van der Waals surface area contributed by atoms with Gasteiger partial charge >= 0.3 is 0 Å². The fourth-order valence-corrected chi connectivity index (χ4v) is 3.30. The van der Waals surface area contributed by atoms with Gasteiger partial charge in [0, 0.05) is 18.9 Å². The second kappa shape index (κ2) is 6.93. The number of hydrogen-bond donors (Lipinski definition) is 1. The number of benzene rings is 1. The lowest BCUT2D eigenvalue weighted by molar-refractivity contribution is 0.414. The first-order valence-corrected chi connectivity index (χ1v) is 8.85. The molecule has 0 aliphatic heterocycles. The highest BCUT2D eigenvalue weighted by Crippen LogP contribution is 2.15. The van der Waals surface area contributed by atoms with Crippen molar-refractivity contribution in [1.29, 1.82) is 0 Å². The van der Waals surface area contributed by atoms with E-state index in [-0.39, 0.29) is 4.90 Å². The van der Waals surface area contributed by atoms with E-state index in [0.717, 1.165) is 5.56 Å². The number of methoxy groups -OCH3 is 1. The zero-order valence-electron chi connectivity index (χ0n) is 13.1. The Labute approximate surface area is 139 Å². The molecule has 0 amide bonds. The summed E-state index contributed by atoms with van der Waals surface area (Å²) in [6.07, 6.45) is 6.34. The summed E-state index contributed by atoms with van der Waals surface area (Å²) in [7, 11) is -1.98. The normalized spacial score (nSPS) is 11.7. The van der Waals surface area contributed by atoms with Gasteiger partial charge in [-0.05, 0) is 42.7 Å². The molecule has 0 bridgehead atoms. The lowest BCUT2D eigenvalue weighted by Gasteiger charge is -2.07. The van der Waals surface area contributed by atoms with Crippen LogP contribution in [0.5, 0.6) is 5.75 Å². The molecule has 8 nitrogen and oxygen atoms in total. The molecule has 0 aliphatic carbocycles. The molecular formula is C15H17N5O3S. The number of aryl methyl sites for hydroxylation is 1. The molecule has 24 heavy (non-hydrogen) atoms. The number of nitrogens with one attached hydrogen (secondary N) is 1. The molecule has 3 aromatic rings. The lowest BCUT2D eigenvalue weighted by atomic mass is 10.2. The van der Waals surface area contributed by atoms with E-state index >= 15 is 0 Å². The van der Waals surface area contributed by atoms with Gasteiger partial charge in [-0.2, -0.15) is 10.1 Å². The highest BCUT2D eigenvalue weighted by molar-refractivity contribution is 7.89. The number of sulfonamides is 1. The average molecular weight is 347 g/mol. The van der Waals surface area contributed by atoms with Gasteiger partial charge in [0.05, 0.1) is 12.0 Å². The SMILES string of the molecule is COc1ccc(S(=O)(=O)NCCCc2cnc3ncnn3c2)cc1. The molecule has 9 heteroatoms. The fourth-order valence-electron chi connectivity index (χ4n) is 2.22. The number of ether oxygens (including phenoxy) is 1. The van der Waals surface area contributed by atoms with E-state index in [9.17, 15) is 8.42 Å². The summed E-state index contributed by atoms with van der Waals surface area (Å²) in [5.41, 5.74) is 0.969. The molecule has 2 aromatic heterocycles. The monoisotopic (exact) mass is 347 g/mol. The summed E-state index contributed by atoms with van der Waals surface area (Å²) in [5.74, 6) is 1.16. The average Bonchev–Trinajstić information content (AvgIpc) is 3.06. The first-order chi connectivity index (χ1) is 11.6. The van der Waals surface area contributed by atoms with E-state index in [1.165, 1.54) is 25.6 Å². The number of nitrogens with zero attached hydrogens (tertiary/aromatic N) is 4. The minimum absolute atomic E-state index is 0.217. The van der Waals surface area contributed by atoms with Crippen LogP contribution in [0.25, 0.3) is 5.78 Å². The summed E-state index contributed by atoms with van der Waals surface area (Å²) < 4.78 is 33.6. The molecule has 126 valence electrons. The van der Waals surface area contributed by atoms with Crippen molar-refractivity contribution in [1.82, 2.24) is 24.3 Å². The molecule has 1 aromatic carbocycles. The Morgan fingerprint density at radius 1 is 1.21 bits per heavy atom. The van der Waals surface area contributed by atoms with Gasteiger partial charge in [-0.25, -0.2) is 22.6 Å². The Balaban J connectivity index is 1.54. The molecule has 0 spiro atoms. The quantitative estimate of drug-likeness (QED) is 0.641. The van der Waals surface area contributed by atoms with E-state index in [4.69, 9.17) is 4.74 Å². The Bertz CT molecular complexity index is 922. The molecule has 0 radical (unpaired) electrons. The van der Waals surface area contributed by atoms with Crippen molar-refractivity contribution in [2.75, 3.05) is 13.7 Å². The van der Waals surface area contributed by atoms with E-state index in [2.05, 4.69) is 19.8 Å². The van der Waals surface area contributed by atoms with Gasteiger partial charge in [0.25, 0.3) is 5.78 Å². The van der Waals surface area contributed by atoms with Crippen molar-refractivity contribution < 1.29 is 13.2 Å². The first-order valence-electron chi connectivity index (χ1n) is 7.36. The standard InChI is InChI=1S/C15H17N5O3S/c1-23-13-4-6-14(7-5-13)24(21,22)19-8-2-3-12-9-16-15-17-11-18-20(15)10-12/h4-7,9-11,19H,2-3,8H2,1H3. The minimum atomic E-state index is -3.51. The highest BCUT2D eigenvalue weighted by atomic mass is 32.2. The number of rotatable bonds is 7. The molecule has 0 atom stereocenters. The molecule has 0 fully saturated rings. The third-order valence-electron chi connectivity index (χ3n) is 3.49. The van der Waals surface area contributed by atoms with Gasteiger partial charge in [-0.15, -0.1) is 0 Å². The van der Waals surface area contributed by atoms with Crippen molar-refractivity contribution in [2.24, 2.45) is 0 Å². The second-order valence-electron chi connectivity index (χ2n) is 5.14. The molecule has 2 heterocycles. The topological polar surface area (TPSA) is 98.5 Å². The van der Waals surface area contributed by atoms with Crippen LogP contribution in [0.3, 0.4) is 0 Å². The fraction of sp³-hybridized carbons (Fsp3) is 0.267. The van der Waals surface area contributed by atoms with E-state index in [0.29, 0.717) is 30.9 Å². The summed E-state index contributed by atoms with van der Waals surface area (Å²) in [5, 5.41) is 4.02. The molecule has 1 N–H and O–H groups in total. The predicted octanol–water partition coefficient (Wildman–Crippen LogP) is 1.04. The van der Waals surface area contributed by atoms with Crippen molar-refractivity contribution in [2.45, 2.75) is 17.7 Å². The summed E-state index contributed by atoms with van der Waals surface area (Å²) in [4.78, 5) is 8.36. The summed E-state index contributed by atoms with van der Waals surface area (Å²) >= 11 is 0. The van der Waals surface area contributed by atoms with Crippen molar-refractivity contribution in [3.05, 3.63) is 48.5 Å². The van der Waals surface area contributed by atoms with Crippen molar-refractivity contribution >= 4 is 15.8 Å². The van der Waals surface area contributed by atoms with E-state index < -0.39 is 10.0 Å². The molecule has 0 aliphatic rings. The Hall–Kier alpha value is -2.52. The molecule has 0 saturated carbocycles. The van der Waals surface area contributed by atoms with Crippen LogP contribution in [-0.2, 0) is 16.4 Å². The van der Waals surface area contributed by atoms with Gasteiger partial charge in [0.2, 0.25) is 10.0 Å². The third kappa shape index (κ3) is 3.69. The largest absolute Gasteiger partial charge is 0.497 e. The predicted molar refractivity (Wildman–Crippen MR) is 87.3 cm³/mol. The van der Waals surface area contributed by atoms with Crippen molar-refractivity contribution in [3.8, 4) is 5.75 Å². The third-order valence-corrected chi connectivity index (χ3v) is 4.97. The van der Waals surface area contributed by atoms with Gasteiger partial charge < -0.3 is 4.74 Å². The molecule has 0 saturated heterocycles. The molecular weight excluding hydrogens is 330 g/mol. The summed E-state index contributed by atoms with van der Waals surface area (Å²) in [6.45, 7) is 0.337. The number of hydrogen-bond acceptors (Lipinski definition) is 6. The number of fused-ring (bicyclic) bond motifs is 1. The maximum Gasteiger partial charge on any atom is 0.252 e. The Kier molecular flexibility index (Phi) is 4.72. The minimum Gasteiger partial charge on any atom is -0.497 e. The van der Waals surface area contributed by atoms with Crippen LogP contribution in [0.15, 0.2) is 47.9 Å². The smallest absolute Gasteiger partial charge is 0.252 e. The van der Waals surface area contributed by atoms with Gasteiger partial charge in [-0.3, -0.25) is 0 Å². The highest BCUT2D eigenvalue weighted by Gasteiger charge is 2.13. The van der Waals surface area contributed by atoms with Crippen LogP contribution in [0.1, 0.15) is 12.0 Å². The Morgan fingerprint density at radius 2 is 2.00 bits per heavy atom. The zero-order chi connectivity index (χ0) is 17.0. The van der Waals surface area contributed by atoms with Gasteiger partial charge in [0.15, 0.2) is 0 Å². The van der Waals surface area contributed by atoms with Crippen LogP contribution < -0.4 is 9.46 Å². The maximum absolute atomic E-state index is 12.2. The maximum atomic E-state index is 12.2. The van der Waals surface area contributed by atoms with Crippen molar-refractivity contribution in [3.63, 3.8) is 0 Å². The van der Waals surface area contributed by atoms with Gasteiger partial charge in [0.1, 0.15) is 12.1 Å². The molecule has 3 rings (SSSR count). The first kappa shape index (κ1) is 16.3. The summed E-state index contributed by atoms with van der Waals surface area (Å²) in [6, 6.07) is 6.27. The van der Waals surface area contributed by atoms with Crippen LogP contribution in [0.2, 0.25) is 0 Å². The van der Waals surface area contributed by atoms with E-state index in [1.54, 1.807) is 22.8 Å². The van der Waals surface area contributed by atoms with Crippen LogP contribution >= 0.6 is 0 Å². The van der Waals surface area contributed by atoms with Crippen LogP contribution in [0, 0.1) is 0 Å². The van der Waals surface area contributed by atoms with Crippen LogP contribution in [0.4, 0.5) is 0 Å². The second-order valence-corrected chi connectivity index (χ2v) is 6.91. The lowest BCUT2D eigenvalue weighted by Crippen LogP contribution is -2.25.